The molecule has 0 saturated carbocycles. The Hall–Kier alpha value is -2.74. The van der Waals surface area contributed by atoms with E-state index in [1.54, 1.807) is 15.6 Å². The van der Waals surface area contributed by atoms with Gasteiger partial charge in [-0.05, 0) is 18.6 Å². The minimum atomic E-state index is -0.152. The number of carbonyl (C=O) groups is 1. The Balaban J connectivity index is 1.48. The molecule has 1 saturated heterocycles. The van der Waals surface area contributed by atoms with E-state index in [0.717, 1.165) is 17.8 Å². The van der Waals surface area contributed by atoms with Gasteiger partial charge in [0.25, 0.3) is 5.91 Å². The summed E-state index contributed by atoms with van der Waals surface area (Å²) in [6.45, 7) is 2.27. The summed E-state index contributed by atoms with van der Waals surface area (Å²) < 4.78 is 12.5. The minimum Gasteiger partial charge on any atom is -0.438 e. The maximum Gasteiger partial charge on any atom is 0.291 e. The first-order chi connectivity index (χ1) is 11.8. The maximum atomic E-state index is 12.5. The molecule has 8 heteroatoms. The van der Waals surface area contributed by atoms with Crippen molar-refractivity contribution in [2.75, 3.05) is 26.3 Å². The van der Waals surface area contributed by atoms with Crippen LogP contribution in [0.3, 0.4) is 0 Å². The Labute approximate surface area is 138 Å². The van der Waals surface area contributed by atoms with E-state index in [4.69, 9.17) is 9.15 Å². The van der Waals surface area contributed by atoms with Gasteiger partial charge in [0.1, 0.15) is 0 Å². The molecule has 3 aromatic rings. The van der Waals surface area contributed by atoms with Gasteiger partial charge in [0, 0.05) is 31.4 Å². The summed E-state index contributed by atoms with van der Waals surface area (Å²) in [5.74, 6) is 0.280. The molecule has 0 aliphatic carbocycles. The van der Waals surface area contributed by atoms with E-state index >= 15 is 0 Å². The number of ether oxygens (including phenoxy) is 1. The number of hydrogen-bond donors (Lipinski definition) is 0. The van der Waals surface area contributed by atoms with Crippen molar-refractivity contribution in [2.24, 2.45) is 5.92 Å². The van der Waals surface area contributed by atoms with Crippen LogP contribution >= 0.6 is 0 Å². The van der Waals surface area contributed by atoms with E-state index < -0.39 is 0 Å². The molecule has 0 bridgehead atoms. The fourth-order valence-corrected chi connectivity index (χ4v) is 2.92. The van der Waals surface area contributed by atoms with Crippen LogP contribution in [0.5, 0.6) is 0 Å². The van der Waals surface area contributed by atoms with Crippen molar-refractivity contribution in [1.82, 2.24) is 24.5 Å². The van der Waals surface area contributed by atoms with Gasteiger partial charge in [-0.15, -0.1) is 0 Å². The lowest BCUT2D eigenvalue weighted by Gasteiger charge is -2.22. The summed E-state index contributed by atoms with van der Waals surface area (Å²) in [6.07, 6.45) is 6.98. The van der Waals surface area contributed by atoms with Gasteiger partial charge in [-0.1, -0.05) is 0 Å². The largest absolute Gasteiger partial charge is 0.438 e. The number of carbonyl (C=O) groups excluding carboxylic acids is 1. The van der Waals surface area contributed by atoms with Gasteiger partial charge in [-0.2, -0.15) is 5.10 Å². The molecule has 3 aromatic heterocycles. The van der Waals surface area contributed by atoms with Gasteiger partial charge in [0.05, 0.1) is 25.1 Å². The van der Waals surface area contributed by atoms with Gasteiger partial charge in [0.15, 0.2) is 12.0 Å². The lowest BCUT2D eigenvalue weighted by Crippen LogP contribution is -2.36. The predicted molar refractivity (Wildman–Crippen MR) is 83.4 cm³/mol. The van der Waals surface area contributed by atoms with E-state index in [9.17, 15) is 4.79 Å². The topological polar surface area (TPSA) is 85.8 Å². The van der Waals surface area contributed by atoms with Gasteiger partial charge in [0.2, 0.25) is 5.76 Å². The standard InChI is InChI=1S/C16H17N5O3/c22-16(14-8-17-11-24-14)20-5-6-23-10-12(9-20)7-13-1-2-15-18-3-4-21(15)19-13/h1-4,8,11-12H,5-7,9-10H2. The summed E-state index contributed by atoms with van der Waals surface area (Å²) in [5.41, 5.74) is 1.76. The highest BCUT2D eigenvalue weighted by Crippen LogP contribution is 2.15. The molecule has 1 fully saturated rings. The maximum absolute atomic E-state index is 12.5. The number of imidazole rings is 1. The fraction of sp³-hybridized carbons (Fsp3) is 0.375. The molecule has 1 amide bonds. The Kier molecular flexibility index (Phi) is 3.96. The van der Waals surface area contributed by atoms with Crippen molar-refractivity contribution in [2.45, 2.75) is 6.42 Å². The summed E-state index contributed by atoms with van der Waals surface area (Å²) in [7, 11) is 0. The summed E-state index contributed by atoms with van der Waals surface area (Å²) >= 11 is 0. The second-order valence-corrected chi connectivity index (χ2v) is 5.82. The Bertz CT molecular complexity index is 829. The molecule has 1 aliphatic rings. The highest BCUT2D eigenvalue weighted by Gasteiger charge is 2.25. The van der Waals surface area contributed by atoms with Gasteiger partial charge in [-0.25, -0.2) is 14.5 Å². The normalized spacial score (nSPS) is 18.7. The van der Waals surface area contributed by atoms with Crippen LogP contribution in [-0.2, 0) is 11.2 Å². The van der Waals surface area contributed by atoms with E-state index in [-0.39, 0.29) is 17.6 Å². The molecule has 1 aliphatic heterocycles. The van der Waals surface area contributed by atoms with Gasteiger partial charge in [-0.3, -0.25) is 4.79 Å². The molecule has 0 radical (unpaired) electrons. The first-order valence-corrected chi connectivity index (χ1v) is 7.84. The third-order valence-electron chi connectivity index (χ3n) is 4.08. The SMILES string of the molecule is O=C(c1cnco1)N1CCOCC(Cc2ccc3nccn3n2)C1. The first-order valence-electron chi connectivity index (χ1n) is 7.84. The highest BCUT2D eigenvalue weighted by molar-refractivity contribution is 5.91. The van der Waals surface area contributed by atoms with Crippen molar-refractivity contribution in [3.8, 4) is 0 Å². The molecule has 4 rings (SSSR count). The van der Waals surface area contributed by atoms with E-state index in [2.05, 4.69) is 15.1 Å². The Morgan fingerprint density at radius 1 is 1.38 bits per heavy atom. The molecule has 4 heterocycles. The average Bonchev–Trinajstić information content (AvgIpc) is 3.23. The molecule has 24 heavy (non-hydrogen) atoms. The number of oxazole rings is 1. The van der Waals surface area contributed by atoms with Crippen LogP contribution in [0.25, 0.3) is 5.65 Å². The lowest BCUT2D eigenvalue weighted by molar-refractivity contribution is 0.0705. The van der Waals surface area contributed by atoms with Crippen LogP contribution in [0.2, 0.25) is 0 Å². The Morgan fingerprint density at radius 3 is 3.21 bits per heavy atom. The third kappa shape index (κ3) is 3.00. The van der Waals surface area contributed by atoms with Gasteiger partial charge < -0.3 is 14.1 Å². The van der Waals surface area contributed by atoms with Crippen LogP contribution < -0.4 is 0 Å². The van der Waals surface area contributed by atoms with Crippen LogP contribution in [0.1, 0.15) is 16.2 Å². The zero-order valence-corrected chi connectivity index (χ0v) is 13.0. The second-order valence-electron chi connectivity index (χ2n) is 5.82. The molecular formula is C16H17N5O3. The molecule has 1 unspecified atom stereocenters. The fourth-order valence-electron chi connectivity index (χ4n) is 2.92. The monoisotopic (exact) mass is 327 g/mol. The number of rotatable bonds is 3. The number of amides is 1. The Morgan fingerprint density at radius 2 is 2.33 bits per heavy atom. The van der Waals surface area contributed by atoms with Crippen molar-refractivity contribution in [1.29, 1.82) is 0 Å². The molecule has 0 aromatic carbocycles. The first kappa shape index (κ1) is 14.8. The number of fused-ring (bicyclic) bond motifs is 1. The molecule has 124 valence electrons. The quantitative estimate of drug-likeness (QED) is 0.715. The van der Waals surface area contributed by atoms with Crippen LogP contribution in [0, 0.1) is 5.92 Å². The molecular weight excluding hydrogens is 310 g/mol. The van der Waals surface area contributed by atoms with Crippen LogP contribution in [0.15, 0.2) is 41.5 Å². The smallest absolute Gasteiger partial charge is 0.291 e. The molecule has 8 nitrogen and oxygen atoms in total. The zero-order valence-electron chi connectivity index (χ0n) is 13.0. The summed E-state index contributed by atoms with van der Waals surface area (Å²) in [4.78, 5) is 22.2. The van der Waals surface area contributed by atoms with Crippen molar-refractivity contribution in [3.05, 3.63) is 48.6 Å². The lowest BCUT2D eigenvalue weighted by atomic mass is 10.0. The van der Waals surface area contributed by atoms with Crippen LogP contribution in [-0.4, -0.2) is 56.7 Å². The summed E-state index contributed by atoms with van der Waals surface area (Å²) in [5, 5.41) is 4.55. The predicted octanol–water partition coefficient (Wildman–Crippen LogP) is 1.05. The third-order valence-corrected chi connectivity index (χ3v) is 4.08. The minimum absolute atomic E-state index is 0.152. The van der Waals surface area contributed by atoms with Gasteiger partial charge >= 0.3 is 0 Å². The van der Waals surface area contributed by atoms with E-state index in [1.807, 2.05) is 18.3 Å². The van der Waals surface area contributed by atoms with E-state index in [1.165, 1.54) is 12.6 Å². The number of aromatic nitrogens is 4. The highest BCUT2D eigenvalue weighted by atomic mass is 16.5. The van der Waals surface area contributed by atoms with Crippen LogP contribution in [0.4, 0.5) is 0 Å². The van der Waals surface area contributed by atoms with Crippen molar-refractivity contribution < 1.29 is 13.9 Å². The van der Waals surface area contributed by atoms with Crippen molar-refractivity contribution in [3.63, 3.8) is 0 Å². The molecule has 1 atom stereocenters. The zero-order chi connectivity index (χ0) is 16.4. The average molecular weight is 327 g/mol. The molecule has 0 spiro atoms. The number of hydrogen-bond acceptors (Lipinski definition) is 6. The number of nitrogens with zero attached hydrogens (tertiary/aromatic N) is 5. The van der Waals surface area contributed by atoms with Crippen molar-refractivity contribution >= 4 is 11.6 Å². The second kappa shape index (κ2) is 6.40. The molecule has 0 N–H and O–H groups in total. The van der Waals surface area contributed by atoms with E-state index in [0.29, 0.717) is 26.3 Å². The summed E-state index contributed by atoms with van der Waals surface area (Å²) in [6, 6.07) is 3.91.